The minimum atomic E-state index is -2.61. The van der Waals surface area contributed by atoms with Gasteiger partial charge in [0, 0.05) is 31.4 Å². The molecule has 1 N–H and O–H groups in total. The minimum Gasteiger partial charge on any atom is -0.375 e. The van der Waals surface area contributed by atoms with E-state index in [4.69, 9.17) is 14.7 Å². The average molecular weight is 394 g/mol. The molecule has 146 valence electrons. The number of nitriles is 1. The van der Waals surface area contributed by atoms with Gasteiger partial charge >= 0.3 is 0 Å². The SMILES string of the molecule is COCC(=O)N=S1(=O)CCC2(CC1)CN(C(=O)c1cc(C#N)c[nH]1)CCO2. The van der Waals surface area contributed by atoms with Crippen molar-refractivity contribution in [3.8, 4) is 6.07 Å². The van der Waals surface area contributed by atoms with Gasteiger partial charge in [0.05, 0.1) is 34.0 Å². The molecule has 10 heteroatoms. The molecular weight excluding hydrogens is 372 g/mol. The molecule has 2 aliphatic heterocycles. The van der Waals surface area contributed by atoms with Gasteiger partial charge in [-0.1, -0.05) is 0 Å². The first kappa shape index (κ1) is 19.5. The van der Waals surface area contributed by atoms with Crippen molar-refractivity contribution >= 4 is 21.5 Å². The number of nitrogens with one attached hydrogen (secondary N) is 1. The molecule has 1 spiro atoms. The van der Waals surface area contributed by atoms with Gasteiger partial charge in [-0.3, -0.25) is 9.59 Å². The van der Waals surface area contributed by atoms with Gasteiger partial charge in [-0.15, -0.1) is 0 Å². The summed E-state index contributed by atoms with van der Waals surface area (Å²) in [5.74, 6) is -0.192. The van der Waals surface area contributed by atoms with Gasteiger partial charge in [0.15, 0.2) is 0 Å². The highest BCUT2D eigenvalue weighted by Gasteiger charge is 2.42. The molecular formula is C17H22N4O5S. The molecule has 2 fully saturated rings. The summed E-state index contributed by atoms with van der Waals surface area (Å²) in [4.78, 5) is 28.8. The van der Waals surface area contributed by atoms with Crippen LogP contribution in [0.3, 0.4) is 0 Å². The number of amides is 2. The Balaban J connectivity index is 1.68. The number of carbonyl (C=O) groups is 2. The highest BCUT2D eigenvalue weighted by Crippen LogP contribution is 2.32. The Morgan fingerprint density at radius 2 is 2.22 bits per heavy atom. The molecule has 9 nitrogen and oxygen atoms in total. The number of morpholine rings is 1. The summed E-state index contributed by atoms with van der Waals surface area (Å²) in [5.41, 5.74) is 0.198. The van der Waals surface area contributed by atoms with Crippen molar-refractivity contribution in [3.05, 3.63) is 23.5 Å². The molecule has 2 saturated heterocycles. The Kier molecular flexibility index (Phi) is 5.64. The van der Waals surface area contributed by atoms with Gasteiger partial charge in [0.2, 0.25) is 0 Å². The molecule has 3 rings (SSSR count). The van der Waals surface area contributed by atoms with Crippen molar-refractivity contribution in [3.63, 3.8) is 0 Å². The second-order valence-corrected chi connectivity index (χ2v) is 9.32. The summed E-state index contributed by atoms with van der Waals surface area (Å²) >= 11 is 0. The molecule has 1 aromatic rings. The topological polar surface area (TPSA) is 125 Å². The van der Waals surface area contributed by atoms with Crippen LogP contribution < -0.4 is 0 Å². The standard InChI is InChI=1S/C17H22N4O5S/c1-25-11-15(22)20-27(24)6-2-17(3-7-27)12-21(4-5-26-17)16(23)14-8-13(9-18)10-19-14/h8,10,19H,2-7,11-12H2,1H3. The summed E-state index contributed by atoms with van der Waals surface area (Å²) in [5, 5.41) is 8.90. The van der Waals surface area contributed by atoms with Crippen LogP contribution in [0.1, 0.15) is 28.9 Å². The lowest BCUT2D eigenvalue weighted by Gasteiger charge is -2.45. The molecule has 0 bridgehead atoms. The van der Waals surface area contributed by atoms with E-state index in [1.807, 2.05) is 6.07 Å². The third kappa shape index (κ3) is 4.37. The molecule has 0 atom stereocenters. The number of nitrogens with zero attached hydrogens (tertiary/aromatic N) is 3. The van der Waals surface area contributed by atoms with E-state index in [-0.39, 0.29) is 24.0 Å². The second kappa shape index (κ2) is 7.80. The Hall–Kier alpha value is -2.22. The minimum absolute atomic E-state index is 0.179. The zero-order valence-electron chi connectivity index (χ0n) is 15.1. The molecule has 2 amide bonds. The first-order valence-electron chi connectivity index (χ1n) is 8.65. The van der Waals surface area contributed by atoms with E-state index in [9.17, 15) is 13.8 Å². The van der Waals surface area contributed by atoms with E-state index in [0.29, 0.717) is 43.8 Å². The number of aromatic amines is 1. The van der Waals surface area contributed by atoms with Crippen LogP contribution in [0.5, 0.6) is 0 Å². The lowest BCUT2D eigenvalue weighted by atomic mass is 9.94. The summed E-state index contributed by atoms with van der Waals surface area (Å²) in [6.07, 6.45) is 2.43. The average Bonchev–Trinajstić information content (AvgIpc) is 3.14. The summed E-state index contributed by atoms with van der Waals surface area (Å²) in [6, 6.07) is 3.52. The van der Waals surface area contributed by atoms with E-state index >= 15 is 0 Å². The molecule has 1 aromatic heterocycles. The van der Waals surface area contributed by atoms with E-state index in [0.717, 1.165) is 0 Å². The van der Waals surface area contributed by atoms with Gasteiger partial charge in [0.1, 0.15) is 18.4 Å². The maximum Gasteiger partial charge on any atom is 0.279 e. The predicted molar refractivity (Wildman–Crippen MR) is 96.5 cm³/mol. The largest absolute Gasteiger partial charge is 0.375 e. The summed E-state index contributed by atoms with van der Waals surface area (Å²) in [7, 11) is -1.22. The maximum absolute atomic E-state index is 12.8. The first-order chi connectivity index (χ1) is 12.9. The summed E-state index contributed by atoms with van der Waals surface area (Å²) < 4.78 is 27.3. The van der Waals surface area contributed by atoms with Crippen molar-refractivity contribution < 1.29 is 23.3 Å². The highest BCUT2D eigenvalue weighted by molar-refractivity contribution is 7.93. The number of rotatable bonds is 3. The highest BCUT2D eigenvalue weighted by atomic mass is 32.2. The molecule has 0 unspecified atom stereocenters. The van der Waals surface area contributed by atoms with E-state index in [1.165, 1.54) is 19.4 Å². The number of hydrogen-bond donors (Lipinski definition) is 1. The zero-order valence-corrected chi connectivity index (χ0v) is 15.9. The lowest BCUT2D eigenvalue weighted by molar-refractivity contribution is -0.121. The number of aromatic nitrogens is 1. The van der Waals surface area contributed by atoms with Crippen LogP contribution in [0.2, 0.25) is 0 Å². The fraction of sp³-hybridized carbons (Fsp3) is 0.588. The zero-order chi connectivity index (χ0) is 19.5. The number of ether oxygens (including phenoxy) is 2. The molecule has 3 heterocycles. The maximum atomic E-state index is 12.8. The second-order valence-electron chi connectivity index (χ2n) is 6.77. The summed E-state index contributed by atoms with van der Waals surface area (Å²) in [6.45, 7) is 1.04. The van der Waals surface area contributed by atoms with Crippen LogP contribution in [-0.4, -0.2) is 76.4 Å². The van der Waals surface area contributed by atoms with E-state index in [2.05, 4.69) is 9.35 Å². The number of hydrogen-bond acceptors (Lipinski definition) is 6. The smallest absolute Gasteiger partial charge is 0.279 e. The molecule has 0 radical (unpaired) electrons. The normalized spacial score (nSPS) is 27.9. The van der Waals surface area contributed by atoms with Crippen molar-refractivity contribution in [2.75, 3.05) is 44.9 Å². The Morgan fingerprint density at radius 1 is 1.48 bits per heavy atom. The van der Waals surface area contributed by atoms with Gasteiger partial charge in [0.25, 0.3) is 11.8 Å². The Morgan fingerprint density at radius 3 is 2.85 bits per heavy atom. The molecule has 0 aromatic carbocycles. The van der Waals surface area contributed by atoms with Gasteiger partial charge < -0.3 is 19.4 Å². The Labute approximate surface area is 157 Å². The number of methoxy groups -OCH3 is 1. The molecule has 27 heavy (non-hydrogen) atoms. The fourth-order valence-electron chi connectivity index (χ4n) is 3.42. The van der Waals surface area contributed by atoms with Gasteiger partial charge in [-0.05, 0) is 18.9 Å². The van der Waals surface area contributed by atoms with Gasteiger partial charge in [-0.25, -0.2) is 4.21 Å². The molecule has 2 aliphatic rings. The number of H-pyrrole nitrogens is 1. The number of carbonyl (C=O) groups excluding carboxylic acids is 2. The monoisotopic (exact) mass is 394 g/mol. The lowest BCUT2D eigenvalue weighted by Crippen LogP contribution is -2.56. The fourth-order valence-corrected chi connectivity index (χ4v) is 5.61. The quantitative estimate of drug-likeness (QED) is 0.797. The van der Waals surface area contributed by atoms with Crippen LogP contribution in [0.25, 0.3) is 0 Å². The van der Waals surface area contributed by atoms with Gasteiger partial charge in [-0.2, -0.15) is 9.62 Å². The van der Waals surface area contributed by atoms with Crippen LogP contribution in [-0.2, 0) is 24.0 Å². The van der Waals surface area contributed by atoms with Crippen molar-refractivity contribution in [2.24, 2.45) is 4.36 Å². The third-order valence-electron chi connectivity index (χ3n) is 4.87. The predicted octanol–water partition coefficient (Wildman–Crippen LogP) is 0.532. The first-order valence-corrected chi connectivity index (χ1v) is 10.5. The van der Waals surface area contributed by atoms with Crippen molar-refractivity contribution in [2.45, 2.75) is 18.4 Å². The van der Waals surface area contributed by atoms with Crippen LogP contribution >= 0.6 is 0 Å². The van der Waals surface area contributed by atoms with Crippen molar-refractivity contribution in [1.29, 1.82) is 5.26 Å². The molecule has 0 aliphatic carbocycles. The molecule has 0 saturated carbocycles. The third-order valence-corrected chi connectivity index (χ3v) is 7.09. The van der Waals surface area contributed by atoms with E-state index < -0.39 is 21.2 Å². The van der Waals surface area contributed by atoms with Crippen LogP contribution in [0.15, 0.2) is 16.6 Å². The van der Waals surface area contributed by atoms with Crippen LogP contribution in [0, 0.1) is 11.3 Å². The van der Waals surface area contributed by atoms with E-state index in [1.54, 1.807) is 4.90 Å². The Bertz CT molecular complexity index is 879. The van der Waals surface area contributed by atoms with Crippen LogP contribution in [0.4, 0.5) is 0 Å². The van der Waals surface area contributed by atoms with Crippen molar-refractivity contribution in [1.82, 2.24) is 9.88 Å².